The Hall–Kier alpha value is -2.39. The summed E-state index contributed by atoms with van der Waals surface area (Å²) in [5, 5.41) is 4.49. The minimum absolute atomic E-state index is 0.173. The zero-order valence-electron chi connectivity index (χ0n) is 15.4. The van der Waals surface area contributed by atoms with Crippen LogP contribution in [0.1, 0.15) is 22.6 Å². The van der Waals surface area contributed by atoms with Gasteiger partial charge >= 0.3 is 5.69 Å². The number of aryl methyl sites for hydroxylation is 2. The molecule has 9 nitrogen and oxygen atoms in total. The largest absolute Gasteiger partial charge is 0.336 e. The second-order valence-corrected chi connectivity index (χ2v) is 7.14. The fourth-order valence-electron chi connectivity index (χ4n) is 3.24. The van der Waals surface area contributed by atoms with Crippen molar-refractivity contribution in [2.75, 3.05) is 32.7 Å². The lowest BCUT2D eigenvalue weighted by Crippen LogP contribution is -2.40. The van der Waals surface area contributed by atoms with Crippen molar-refractivity contribution in [2.24, 2.45) is 7.05 Å². The lowest BCUT2D eigenvalue weighted by molar-refractivity contribution is 0.0754. The number of nitrogens with zero attached hydrogens (tertiary/aromatic N) is 5. The molecule has 10 heteroatoms. The predicted molar refractivity (Wildman–Crippen MR) is 101 cm³/mol. The third-order valence-corrected chi connectivity index (χ3v) is 4.93. The van der Waals surface area contributed by atoms with E-state index in [9.17, 15) is 14.4 Å². The minimum Gasteiger partial charge on any atom is -0.336 e. The van der Waals surface area contributed by atoms with Gasteiger partial charge in [-0.15, -0.1) is 0 Å². The molecule has 0 unspecified atom stereocenters. The standard InChI is InChI=1S/C17H23ClN6O3/c1-12-10-14(25)24(17(27)19-12)9-7-22-4-3-5-23(8-6-22)16(26)15-13(18)11-21(2)20-15/h10-11H,3-9H2,1-2H3,(H,19,27). The molecule has 0 aromatic carbocycles. The molecular formula is C17H23ClN6O3. The van der Waals surface area contributed by atoms with E-state index in [0.717, 1.165) is 13.0 Å². The molecule has 0 spiro atoms. The first-order valence-corrected chi connectivity index (χ1v) is 9.24. The molecule has 1 aliphatic heterocycles. The van der Waals surface area contributed by atoms with Crippen LogP contribution < -0.4 is 11.2 Å². The molecular weight excluding hydrogens is 372 g/mol. The van der Waals surface area contributed by atoms with Gasteiger partial charge in [0, 0.05) is 57.7 Å². The highest BCUT2D eigenvalue weighted by molar-refractivity contribution is 6.33. The highest BCUT2D eigenvalue weighted by atomic mass is 35.5. The van der Waals surface area contributed by atoms with Gasteiger partial charge in [0.15, 0.2) is 5.69 Å². The van der Waals surface area contributed by atoms with Crippen LogP contribution in [0.15, 0.2) is 21.9 Å². The molecule has 0 aliphatic carbocycles. The van der Waals surface area contributed by atoms with Gasteiger partial charge in [0.25, 0.3) is 11.5 Å². The summed E-state index contributed by atoms with van der Waals surface area (Å²) in [7, 11) is 1.72. The van der Waals surface area contributed by atoms with Crippen LogP contribution in [0, 0.1) is 6.92 Å². The molecule has 1 fully saturated rings. The van der Waals surface area contributed by atoms with Crippen molar-refractivity contribution < 1.29 is 4.79 Å². The molecule has 3 heterocycles. The molecule has 2 aromatic rings. The van der Waals surface area contributed by atoms with Gasteiger partial charge < -0.3 is 9.88 Å². The zero-order chi connectivity index (χ0) is 19.6. The maximum atomic E-state index is 12.7. The van der Waals surface area contributed by atoms with Crippen LogP contribution in [0.5, 0.6) is 0 Å². The topological polar surface area (TPSA) is 96.2 Å². The molecule has 1 amide bonds. The fraction of sp³-hybridized carbons (Fsp3) is 0.529. The fourth-order valence-corrected chi connectivity index (χ4v) is 3.50. The molecule has 0 bridgehead atoms. The average molecular weight is 395 g/mol. The normalized spacial score (nSPS) is 15.7. The van der Waals surface area contributed by atoms with Gasteiger partial charge in [0.05, 0.1) is 5.02 Å². The number of carbonyl (C=O) groups excluding carboxylic acids is 1. The first-order valence-electron chi connectivity index (χ1n) is 8.86. The van der Waals surface area contributed by atoms with Gasteiger partial charge in [-0.3, -0.25) is 23.7 Å². The van der Waals surface area contributed by atoms with E-state index in [2.05, 4.69) is 15.0 Å². The third kappa shape index (κ3) is 4.48. The van der Waals surface area contributed by atoms with Crippen molar-refractivity contribution in [3.63, 3.8) is 0 Å². The van der Waals surface area contributed by atoms with E-state index >= 15 is 0 Å². The molecule has 1 aliphatic rings. The van der Waals surface area contributed by atoms with E-state index in [1.807, 2.05) is 0 Å². The van der Waals surface area contributed by atoms with E-state index in [-0.39, 0.29) is 17.2 Å². The van der Waals surface area contributed by atoms with Crippen molar-refractivity contribution in [3.05, 3.63) is 49.5 Å². The Labute approximate surface area is 161 Å². The lowest BCUT2D eigenvalue weighted by Gasteiger charge is -2.21. The highest BCUT2D eigenvalue weighted by Crippen LogP contribution is 2.16. The van der Waals surface area contributed by atoms with Crippen LogP contribution in [0.3, 0.4) is 0 Å². The molecule has 0 saturated carbocycles. The summed E-state index contributed by atoms with van der Waals surface area (Å²) in [5.41, 5.74) is 0.132. The number of rotatable bonds is 4. The summed E-state index contributed by atoms with van der Waals surface area (Å²) in [6, 6.07) is 1.42. The Balaban J connectivity index is 1.60. The summed E-state index contributed by atoms with van der Waals surface area (Å²) in [6.45, 7) is 5.18. The quantitative estimate of drug-likeness (QED) is 0.792. The average Bonchev–Trinajstić information content (AvgIpc) is 2.80. The maximum Gasteiger partial charge on any atom is 0.328 e. The van der Waals surface area contributed by atoms with Crippen molar-refractivity contribution in [2.45, 2.75) is 19.9 Å². The van der Waals surface area contributed by atoms with Crippen LogP contribution in [-0.2, 0) is 13.6 Å². The first kappa shape index (κ1) is 19.4. The van der Waals surface area contributed by atoms with Gasteiger partial charge in [-0.1, -0.05) is 11.6 Å². The van der Waals surface area contributed by atoms with Crippen molar-refractivity contribution >= 4 is 17.5 Å². The SMILES string of the molecule is Cc1cc(=O)n(CCN2CCCN(C(=O)c3nn(C)cc3Cl)CC2)c(=O)[nH]1. The maximum absolute atomic E-state index is 12.7. The molecule has 3 rings (SSSR count). The van der Waals surface area contributed by atoms with Gasteiger partial charge in [-0.25, -0.2) is 4.79 Å². The monoisotopic (exact) mass is 394 g/mol. The van der Waals surface area contributed by atoms with Crippen LogP contribution >= 0.6 is 11.6 Å². The number of hydrogen-bond acceptors (Lipinski definition) is 5. The molecule has 2 aromatic heterocycles. The van der Waals surface area contributed by atoms with Crippen LogP contribution in [-0.4, -0.2) is 67.8 Å². The second kappa shape index (κ2) is 8.10. The van der Waals surface area contributed by atoms with E-state index in [1.165, 1.54) is 15.3 Å². The molecule has 1 saturated heterocycles. The summed E-state index contributed by atoms with van der Waals surface area (Å²) >= 11 is 6.08. The summed E-state index contributed by atoms with van der Waals surface area (Å²) in [6.07, 6.45) is 2.41. The Morgan fingerprint density at radius 2 is 2.00 bits per heavy atom. The second-order valence-electron chi connectivity index (χ2n) is 6.73. The van der Waals surface area contributed by atoms with Crippen LogP contribution in [0.25, 0.3) is 0 Å². The number of aromatic amines is 1. The molecule has 27 heavy (non-hydrogen) atoms. The molecule has 0 radical (unpaired) electrons. The lowest BCUT2D eigenvalue weighted by atomic mass is 10.3. The predicted octanol–water partition coefficient (Wildman–Crippen LogP) is 0.0800. The van der Waals surface area contributed by atoms with Crippen molar-refractivity contribution in [1.29, 1.82) is 0 Å². The Bertz CT molecular complexity index is 916. The van der Waals surface area contributed by atoms with E-state index in [4.69, 9.17) is 11.6 Å². The van der Waals surface area contributed by atoms with Gasteiger partial charge in [-0.05, 0) is 19.9 Å². The third-order valence-electron chi connectivity index (χ3n) is 4.66. The van der Waals surface area contributed by atoms with Crippen LogP contribution in [0.2, 0.25) is 5.02 Å². The highest BCUT2D eigenvalue weighted by Gasteiger charge is 2.24. The molecule has 1 N–H and O–H groups in total. The molecule has 0 atom stereocenters. The van der Waals surface area contributed by atoms with E-state index in [0.29, 0.717) is 43.4 Å². The number of hydrogen-bond donors (Lipinski definition) is 1. The Morgan fingerprint density at radius 1 is 1.22 bits per heavy atom. The number of carbonyl (C=O) groups is 1. The van der Waals surface area contributed by atoms with Gasteiger partial charge in [0.1, 0.15) is 0 Å². The number of amides is 1. The summed E-state index contributed by atoms with van der Waals surface area (Å²) < 4.78 is 2.73. The Kier molecular flexibility index (Phi) is 5.81. The van der Waals surface area contributed by atoms with Gasteiger partial charge in [0.2, 0.25) is 0 Å². The smallest absolute Gasteiger partial charge is 0.328 e. The number of aromatic nitrogens is 4. The van der Waals surface area contributed by atoms with Crippen molar-refractivity contribution in [1.82, 2.24) is 29.1 Å². The first-order chi connectivity index (χ1) is 12.8. The van der Waals surface area contributed by atoms with E-state index < -0.39 is 5.69 Å². The number of nitrogens with one attached hydrogen (secondary N) is 1. The van der Waals surface area contributed by atoms with Gasteiger partial charge in [-0.2, -0.15) is 5.10 Å². The number of halogens is 1. The summed E-state index contributed by atoms with van der Waals surface area (Å²) in [5.74, 6) is -0.173. The van der Waals surface area contributed by atoms with E-state index in [1.54, 1.807) is 25.1 Å². The summed E-state index contributed by atoms with van der Waals surface area (Å²) in [4.78, 5) is 43.1. The van der Waals surface area contributed by atoms with Crippen LogP contribution in [0.4, 0.5) is 0 Å². The Morgan fingerprint density at radius 3 is 2.67 bits per heavy atom. The zero-order valence-corrected chi connectivity index (χ0v) is 16.2. The minimum atomic E-state index is -0.392. The molecule has 146 valence electrons. The number of H-pyrrole nitrogens is 1. The van der Waals surface area contributed by atoms with Crippen molar-refractivity contribution in [3.8, 4) is 0 Å².